The number of fused-ring (bicyclic) bond motifs is 1. The maximum absolute atomic E-state index is 6.05. The van der Waals surface area contributed by atoms with Gasteiger partial charge >= 0.3 is 0 Å². The van der Waals surface area contributed by atoms with E-state index in [1.165, 1.54) is 0 Å². The first-order valence-electron chi connectivity index (χ1n) is 6.80. The lowest BCUT2D eigenvalue weighted by Crippen LogP contribution is -2.30. The molecule has 3 heterocycles. The normalized spacial score (nSPS) is 47.3. The van der Waals surface area contributed by atoms with E-state index in [1.54, 1.807) is 0 Å². The highest BCUT2D eigenvalue weighted by atomic mass is 16.6. The predicted molar refractivity (Wildman–Crippen MR) is 64.9 cm³/mol. The van der Waals surface area contributed by atoms with E-state index in [0.29, 0.717) is 24.0 Å². The summed E-state index contributed by atoms with van der Waals surface area (Å²) in [5, 5.41) is 0. The minimum Gasteiger partial charge on any atom is -0.375 e. The van der Waals surface area contributed by atoms with Gasteiger partial charge in [0.25, 0.3) is 0 Å². The Morgan fingerprint density at radius 3 is 2.35 bits per heavy atom. The second kappa shape index (κ2) is 3.69. The highest BCUT2D eigenvalue weighted by molar-refractivity contribution is 5.00. The van der Waals surface area contributed by atoms with Crippen LogP contribution < -0.4 is 0 Å². The van der Waals surface area contributed by atoms with Crippen molar-refractivity contribution in [2.75, 3.05) is 13.2 Å². The molecule has 0 aromatic rings. The van der Waals surface area contributed by atoms with Gasteiger partial charge in [-0.25, -0.2) is 0 Å². The van der Waals surface area contributed by atoms with Gasteiger partial charge in [0.1, 0.15) is 0 Å². The topological polar surface area (TPSA) is 27.7 Å². The first kappa shape index (κ1) is 11.9. The largest absolute Gasteiger partial charge is 0.375 e. The fraction of sp³-hybridized carbons (Fsp3) is 1.00. The fourth-order valence-corrected chi connectivity index (χ4v) is 3.84. The highest BCUT2D eigenvalue weighted by Gasteiger charge is 2.52. The molecule has 3 saturated heterocycles. The molecule has 0 radical (unpaired) electrons. The molecule has 0 N–H and O–H groups in total. The Morgan fingerprint density at radius 2 is 1.71 bits per heavy atom. The monoisotopic (exact) mass is 240 g/mol. The number of hydrogen-bond acceptors (Lipinski definition) is 3. The van der Waals surface area contributed by atoms with E-state index in [2.05, 4.69) is 27.7 Å². The second-order valence-electron chi connectivity index (χ2n) is 7.12. The summed E-state index contributed by atoms with van der Waals surface area (Å²) in [6.07, 6.45) is 2.91. The summed E-state index contributed by atoms with van der Waals surface area (Å²) in [5.74, 6) is 1.13. The van der Waals surface area contributed by atoms with E-state index in [1.807, 2.05) is 0 Å². The van der Waals surface area contributed by atoms with Gasteiger partial charge in [-0.15, -0.1) is 0 Å². The molecule has 3 nitrogen and oxygen atoms in total. The summed E-state index contributed by atoms with van der Waals surface area (Å²) in [6.45, 7) is 10.4. The highest BCUT2D eigenvalue weighted by Crippen LogP contribution is 2.46. The van der Waals surface area contributed by atoms with Gasteiger partial charge in [-0.2, -0.15) is 0 Å². The van der Waals surface area contributed by atoms with Gasteiger partial charge in [0.15, 0.2) is 0 Å². The van der Waals surface area contributed by atoms with Crippen LogP contribution in [0.15, 0.2) is 0 Å². The molecule has 0 spiro atoms. The fourth-order valence-electron chi connectivity index (χ4n) is 3.84. The lowest BCUT2D eigenvalue weighted by atomic mass is 9.82. The molecule has 4 unspecified atom stereocenters. The van der Waals surface area contributed by atoms with Crippen LogP contribution in [0, 0.1) is 11.8 Å². The summed E-state index contributed by atoms with van der Waals surface area (Å²) in [7, 11) is 0. The number of ether oxygens (including phenoxy) is 3. The van der Waals surface area contributed by atoms with Crippen molar-refractivity contribution < 1.29 is 14.2 Å². The minimum atomic E-state index is 0.0289. The van der Waals surface area contributed by atoms with Crippen LogP contribution in [0.5, 0.6) is 0 Å². The Kier molecular flexibility index (Phi) is 2.59. The van der Waals surface area contributed by atoms with Crippen molar-refractivity contribution in [3.05, 3.63) is 0 Å². The molecule has 3 rings (SSSR count). The third kappa shape index (κ3) is 2.13. The van der Waals surface area contributed by atoms with Gasteiger partial charge < -0.3 is 14.2 Å². The van der Waals surface area contributed by atoms with Crippen LogP contribution >= 0.6 is 0 Å². The summed E-state index contributed by atoms with van der Waals surface area (Å²) < 4.78 is 17.9. The zero-order valence-electron chi connectivity index (χ0n) is 11.4. The van der Waals surface area contributed by atoms with Gasteiger partial charge in [0.2, 0.25) is 0 Å². The van der Waals surface area contributed by atoms with Crippen molar-refractivity contribution in [3.8, 4) is 0 Å². The average Bonchev–Trinajstić information content (AvgIpc) is 2.77. The van der Waals surface area contributed by atoms with Crippen molar-refractivity contribution in [3.63, 3.8) is 0 Å². The minimum absolute atomic E-state index is 0.0289. The van der Waals surface area contributed by atoms with Gasteiger partial charge in [-0.3, -0.25) is 0 Å². The molecule has 3 aliphatic heterocycles. The Labute approximate surface area is 104 Å². The van der Waals surface area contributed by atoms with Crippen LogP contribution in [0.4, 0.5) is 0 Å². The van der Waals surface area contributed by atoms with Crippen molar-refractivity contribution in [1.29, 1.82) is 0 Å². The lowest BCUT2D eigenvalue weighted by Gasteiger charge is -2.24. The molecule has 3 heteroatoms. The molecular weight excluding hydrogens is 216 g/mol. The van der Waals surface area contributed by atoms with Crippen LogP contribution in [-0.2, 0) is 14.2 Å². The molecule has 0 aliphatic carbocycles. The first-order chi connectivity index (χ1) is 7.86. The van der Waals surface area contributed by atoms with E-state index in [4.69, 9.17) is 14.2 Å². The molecule has 0 amide bonds. The predicted octanol–water partition coefficient (Wildman–Crippen LogP) is 2.38. The average molecular weight is 240 g/mol. The Balaban J connectivity index is 1.70. The quantitative estimate of drug-likeness (QED) is 0.704. The van der Waals surface area contributed by atoms with Crippen molar-refractivity contribution in [2.45, 2.75) is 63.9 Å². The molecular formula is C14H24O3. The maximum atomic E-state index is 6.05. The van der Waals surface area contributed by atoms with E-state index in [9.17, 15) is 0 Å². The summed E-state index contributed by atoms with van der Waals surface area (Å²) in [6, 6.07) is 0. The number of rotatable bonds is 1. The van der Waals surface area contributed by atoms with Gasteiger partial charge in [0, 0.05) is 11.8 Å². The van der Waals surface area contributed by atoms with Crippen LogP contribution in [0.3, 0.4) is 0 Å². The van der Waals surface area contributed by atoms with Crippen LogP contribution in [0.25, 0.3) is 0 Å². The molecule has 4 atom stereocenters. The third-order valence-corrected chi connectivity index (χ3v) is 4.46. The van der Waals surface area contributed by atoms with Crippen molar-refractivity contribution in [2.24, 2.45) is 11.8 Å². The van der Waals surface area contributed by atoms with Crippen molar-refractivity contribution >= 4 is 0 Å². The summed E-state index contributed by atoms with van der Waals surface area (Å²) in [4.78, 5) is 0. The maximum Gasteiger partial charge on any atom is 0.0869 e. The lowest BCUT2D eigenvalue weighted by molar-refractivity contribution is -0.0429. The molecule has 98 valence electrons. The molecule has 0 aromatic heterocycles. The van der Waals surface area contributed by atoms with Crippen LogP contribution in [0.2, 0.25) is 0 Å². The van der Waals surface area contributed by atoms with E-state index in [-0.39, 0.29) is 11.2 Å². The van der Waals surface area contributed by atoms with E-state index < -0.39 is 0 Å². The van der Waals surface area contributed by atoms with Crippen LogP contribution in [-0.4, -0.2) is 36.6 Å². The number of hydrogen-bond donors (Lipinski definition) is 0. The first-order valence-corrected chi connectivity index (χ1v) is 6.80. The zero-order valence-corrected chi connectivity index (χ0v) is 11.4. The smallest absolute Gasteiger partial charge is 0.0869 e. The summed E-state index contributed by atoms with van der Waals surface area (Å²) in [5.41, 5.74) is 0.0629. The molecule has 0 bridgehead atoms. The van der Waals surface area contributed by atoms with Gasteiger partial charge in [-0.1, -0.05) is 0 Å². The Morgan fingerprint density at radius 1 is 0.941 bits per heavy atom. The molecule has 3 fully saturated rings. The molecule has 0 saturated carbocycles. The molecule has 17 heavy (non-hydrogen) atoms. The van der Waals surface area contributed by atoms with Gasteiger partial charge in [0.05, 0.1) is 36.6 Å². The molecule has 0 aromatic carbocycles. The Hall–Kier alpha value is -0.120. The SMILES string of the molecule is CC1(C)CC(C2OCC3OC(C)(C)CC32)CO1. The third-order valence-electron chi connectivity index (χ3n) is 4.46. The molecule has 3 aliphatic rings. The Bertz CT molecular complexity index is 311. The zero-order chi connectivity index (χ0) is 12.3. The van der Waals surface area contributed by atoms with E-state index in [0.717, 1.165) is 26.1 Å². The van der Waals surface area contributed by atoms with Gasteiger partial charge in [-0.05, 0) is 40.5 Å². The van der Waals surface area contributed by atoms with Crippen molar-refractivity contribution in [1.82, 2.24) is 0 Å². The van der Waals surface area contributed by atoms with E-state index >= 15 is 0 Å². The summed E-state index contributed by atoms with van der Waals surface area (Å²) >= 11 is 0. The standard InChI is InChI=1S/C14H24O3/c1-13(2)5-9(7-16-13)12-10-6-14(3,4)17-11(10)8-15-12/h9-12H,5-8H2,1-4H3. The van der Waals surface area contributed by atoms with Crippen LogP contribution in [0.1, 0.15) is 40.5 Å². The second-order valence-corrected chi connectivity index (χ2v) is 7.12.